The zero-order chi connectivity index (χ0) is 13.9. The van der Waals surface area contributed by atoms with E-state index in [1.165, 1.54) is 5.56 Å². The molecule has 1 unspecified atom stereocenters. The van der Waals surface area contributed by atoms with Gasteiger partial charge in [0, 0.05) is 44.1 Å². The molecule has 0 bridgehead atoms. The second kappa shape index (κ2) is 5.83. The Morgan fingerprint density at radius 2 is 2.00 bits per heavy atom. The van der Waals surface area contributed by atoms with Gasteiger partial charge in [0.05, 0.1) is 6.61 Å². The molecular weight excluding hydrogens is 252 g/mol. The van der Waals surface area contributed by atoms with Crippen LogP contribution < -0.4 is 10.1 Å². The van der Waals surface area contributed by atoms with Gasteiger partial charge in [0.15, 0.2) is 0 Å². The lowest BCUT2D eigenvalue weighted by molar-refractivity contribution is -0.129. The largest absolute Gasteiger partial charge is 0.493 e. The Morgan fingerprint density at radius 3 is 2.75 bits per heavy atom. The van der Waals surface area contributed by atoms with Crippen LogP contribution in [0.5, 0.6) is 5.75 Å². The van der Waals surface area contributed by atoms with Crippen molar-refractivity contribution < 1.29 is 9.53 Å². The Morgan fingerprint density at radius 1 is 1.25 bits per heavy atom. The molecule has 1 atom stereocenters. The topological polar surface area (TPSA) is 41.6 Å². The van der Waals surface area contributed by atoms with E-state index in [2.05, 4.69) is 17.4 Å². The standard InChI is InChI=1S/C16H22N2O2/c1-12(19)18-9-6-13(7-10-18)17-15-8-11-20-16-5-3-2-4-14(15)16/h2-5,13,15,17H,6-11H2,1H3. The van der Waals surface area contributed by atoms with Crippen molar-refractivity contribution in [2.75, 3.05) is 19.7 Å². The fraction of sp³-hybridized carbons (Fsp3) is 0.562. The van der Waals surface area contributed by atoms with Crippen molar-refractivity contribution in [1.29, 1.82) is 0 Å². The Bertz CT molecular complexity index is 481. The number of benzene rings is 1. The van der Waals surface area contributed by atoms with E-state index in [1.807, 2.05) is 17.0 Å². The monoisotopic (exact) mass is 274 g/mol. The maximum absolute atomic E-state index is 11.3. The average Bonchev–Trinajstić information content (AvgIpc) is 2.48. The molecule has 2 aliphatic heterocycles. The number of carbonyl (C=O) groups excluding carboxylic acids is 1. The summed E-state index contributed by atoms with van der Waals surface area (Å²) < 4.78 is 5.70. The van der Waals surface area contributed by atoms with Crippen LogP contribution in [0.15, 0.2) is 24.3 Å². The van der Waals surface area contributed by atoms with E-state index in [0.717, 1.165) is 44.7 Å². The molecule has 2 aliphatic rings. The Balaban J connectivity index is 1.61. The summed E-state index contributed by atoms with van der Waals surface area (Å²) in [5.74, 6) is 1.21. The maximum Gasteiger partial charge on any atom is 0.219 e. The molecule has 0 aliphatic carbocycles. The van der Waals surface area contributed by atoms with E-state index >= 15 is 0 Å². The van der Waals surface area contributed by atoms with Gasteiger partial charge in [0.1, 0.15) is 5.75 Å². The fourth-order valence-corrected chi connectivity index (χ4v) is 3.16. The third kappa shape index (κ3) is 2.80. The minimum Gasteiger partial charge on any atom is -0.493 e. The Labute approximate surface area is 120 Å². The third-order valence-corrected chi connectivity index (χ3v) is 4.34. The highest BCUT2D eigenvalue weighted by atomic mass is 16.5. The molecule has 1 saturated heterocycles. The molecule has 20 heavy (non-hydrogen) atoms. The summed E-state index contributed by atoms with van der Waals surface area (Å²) in [6.07, 6.45) is 3.10. The molecule has 0 radical (unpaired) electrons. The quantitative estimate of drug-likeness (QED) is 0.898. The van der Waals surface area contributed by atoms with E-state index in [1.54, 1.807) is 6.92 Å². The van der Waals surface area contributed by atoms with Crippen LogP contribution in [0, 0.1) is 0 Å². The predicted molar refractivity (Wildman–Crippen MR) is 77.7 cm³/mol. The van der Waals surface area contributed by atoms with E-state index in [0.29, 0.717) is 12.1 Å². The molecule has 3 rings (SSSR count). The zero-order valence-electron chi connectivity index (χ0n) is 12.0. The molecular formula is C16H22N2O2. The van der Waals surface area contributed by atoms with Gasteiger partial charge in [0.2, 0.25) is 5.91 Å². The SMILES string of the molecule is CC(=O)N1CCC(NC2CCOc3ccccc32)CC1. The van der Waals surface area contributed by atoms with Crippen LogP contribution >= 0.6 is 0 Å². The molecule has 0 spiro atoms. The van der Waals surface area contributed by atoms with Gasteiger partial charge in [-0.3, -0.25) is 4.79 Å². The van der Waals surface area contributed by atoms with Crippen LogP contribution in [0.4, 0.5) is 0 Å². The van der Waals surface area contributed by atoms with Gasteiger partial charge in [-0.15, -0.1) is 0 Å². The van der Waals surface area contributed by atoms with Gasteiger partial charge in [-0.1, -0.05) is 18.2 Å². The summed E-state index contributed by atoms with van der Waals surface area (Å²) in [5, 5.41) is 3.76. The molecule has 108 valence electrons. The van der Waals surface area contributed by atoms with Gasteiger partial charge in [-0.25, -0.2) is 0 Å². The first kappa shape index (κ1) is 13.4. The van der Waals surface area contributed by atoms with Crippen molar-refractivity contribution in [3.8, 4) is 5.75 Å². The number of amides is 1. The normalized spacial score (nSPS) is 23.1. The van der Waals surface area contributed by atoms with Gasteiger partial charge in [-0.2, -0.15) is 0 Å². The molecule has 4 heteroatoms. The maximum atomic E-state index is 11.3. The van der Waals surface area contributed by atoms with Gasteiger partial charge < -0.3 is 15.0 Å². The third-order valence-electron chi connectivity index (χ3n) is 4.34. The van der Waals surface area contributed by atoms with Crippen LogP contribution in [0.25, 0.3) is 0 Å². The van der Waals surface area contributed by atoms with Crippen molar-refractivity contribution in [1.82, 2.24) is 10.2 Å². The number of nitrogens with one attached hydrogen (secondary N) is 1. The van der Waals surface area contributed by atoms with Crippen molar-refractivity contribution in [3.63, 3.8) is 0 Å². The molecule has 0 aromatic heterocycles. The van der Waals surface area contributed by atoms with Crippen LogP contribution in [0.3, 0.4) is 0 Å². The summed E-state index contributed by atoms with van der Waals surface area (Å²) in [6, 6.07) is 9.17. The van der Waals surface area contributed by atoms with Gasteiger partial charge in [-0.05, 0) is 18.9 Å². The number of hydrogen-bond donors (Lipinski definition) is 1. The molecule has 0 saturated carbocycles. The van der Waals surface area contributed by atoms with Crippen LogP contribution in [0.1, 0.15) is 37.8 Å². The highest BCUT2D eigenvalue weighted by Crippen LogP contribution is 2.32. The first-order valence-electron chi connectivity index (χ1n) is 7.47. The smallest absolute Gasteiger partial charge is 0.219 e. The summed E-state index contributed by atoms with van der Waals surface area (Å²) in [4.78, 5) is 13.3. The lowest BCUT2D eigenvalue weighted by Crippen LogP contribution is -2.45. The van der Waals surface area contributed by atoms with E-state index in [9.17, 15) is 4.79 Å². The van der Waals surface area contributed by atoms with Crippen molar-refractivity contribution >= 4 is 5.91 Å². The summed E-state index contributed by atoms with van der Waals surface area (Å²) >= 11 is 0. The number of nitrogens with zero attached hydrogens (tertiary/aromatic N) is 1. The summed E-state index contributed by atoms with van der Waals surface area (Å²) in [5.41, 5.74) is 1.27. The van der Waals surface area contributed by atoms with E-state index in [4.69, 9.17) is 4.74 Å². The molecule has 2 heterocycles. The van der Waals surface area contributed by atoms with E-state index < -0.39 is 0 Å². The molecule has 1 N–H and O–H groups in total. The van der Waals surface area contributed by atoms with Crippen LogP contribution in [-0.2, 0) is 4.79 Å². The highest BCUT2D eigenvalue weighted by molar-refractivity contribution is 5.73. The van der Waals surface area contributed by atoms with Crippen LogP contribution in [0.2, 0.25) is 0 Å². The average molecular weight is 274 g/mol. The second-order valence-corrected chi connectivity index (χ2v) is 5.67. The van der Waals surface area contributed by atoms with Crippen LogP contribution in [-0.4, -0.2) is 36.5 Å². The number of likely N-dealkylation sites (tertiary alicyclic amines) is 1. The van der Waals surface area contributed by atoms with Crippen molar-refractivity contribution in [3.05, 3.63) is 29.8 Å². The Kier molecular flexibility index (Phi) is 3.92. The lowest BCUT2D eigenvalue weighted by atomic mass is 9.97. The Hall–Kier alpha value is -1.55. The molecule has 1 aromatic carbocycles. The number of piperidine rings is 1. The number of fused-ring (bicyclic) bond motifs is 1. The number of rotatable bonds is 2. The number of para-hydroxylation sites is 1. The number of carbonyl (C=O) groups is 1. The molecule has 1 fully saturated rings. The lowest BCUT2D eigenvalue weighted by Gasteiger charge is -2.35. The van der Waals surface area contributed by atoms with E-state index in [-0.39, 0.29) is 5.91 Å². The highest BCUT2D eigenvalue weighted by Gasteiger charge is 2.26. The minimum atomic E-state index is 0.194. The fourth-order valence-electron chi connectivity index (χ4n) is 3.16. The minimum absolute atomic E-state index is 0.194. The summed E-state index contributed by atoms with van der Waals surface area (Å²) in [6.45, 7) is 4.18. The number of ether oxygens (including phenoxy) is 1. The number of hydrogen-bond acceptors (Lipinski definition) is 3. The van der Waals surface area contributed by atoms with Crippen molar-refractivity contribution in [2.24, 2.45) is 0 Å². The predicted octanol–water partition coefficient (Wildman–Crippen LogP) is 2.11. The second-order valence-electron chi connectivity index (χ2n) is 5.67. The zero-order valence-corrected chi connectivity index (χ0v) is 12.0. The van der Waals surface area contributed by atoms with Crippen molar-refractivity contribution in [2.45, 2.75) is 38.3 Å². The first-order valence-corrected chi connectivity index (χ1v) is 7.47. The molecule has 1 aromatic rings. The van der Waals surface area contributed by atoms with Gasteiger partial charge in [0.25, 0.3) is 0 Å². The van der Waals surface area contributed by atoms with Gasteiger partial charge >= 0.3 is 0 Å². The molecule has 1 amide bonds. The molecule has 4 nitrogen and oxygen atoms in total. The first-order chi connectivity index (χ1) is 9.74. The summed E-state index contributed by atoms with van der Waals surface area (Å²) in [7, 11) is 0.